The molecule has 52 valence electrons. The summed E-state index contributed by atoms with van der Waals surface area (Å²) in [5.41, 5.74) is 0.271. The summed E-state index contributed by atoms with van der Waals surface area (Å²) in [6, 6.07) is 0. The summed E-state index contributed by atoms with van der Waals surface area (Å²) in [6.45, 7) is 0.817. The topological polar surface area (TPSA) is 21.6 Å². The minimum atomic E-state index is 0.271. The predicted octanol–water partition coefficient (Wildman–Crippen LogP) is 1.42. The Balaban J connectivity index is 2.31. The maximum atomic E-state index is 5.08. The van der Waals surface area contributed by atoms with Crippen molar-refractivity contribution in [2.75, 3.05) is 19.9 Å². The SMILES string of the molecule is COC1CN=C(SC)S1. The Labute approximate surface area is 63.4 Å². The fraction of sp³-hybridized carbons (Fsp3) is 0.800. The van der Waals surface area contributed by atoms with Crippen LogP contribution in [0.3, 0.4) is 0 Å². The molecule has 0 N–H and O–H groups in total. The van der Waals surface area contributed by atoms with Crippen LogP contribution in [0, 0.1) is 0 Å². The maximum Gasteiger partial charge on any atom is 0.128 e. The summed E-state index contributed by atoms with van der Waals surface area (Å²) in [5, 5.41) is 0. The molecule has 1 unspecified atom stereocenters. The van der Waals surface area contributed by atoms with Crippen molar-refractivity contribution in [3.8, 4) is 0 Å². The van der Waals surface area contributed by atoms with E-state index in [1.165, 1.54) is 0 Å². The molecule has 0 radical (unpaired) electrons. The minimum absolute atomic E-state index is 0.271. The highest BCUT2D eigenvalue weighted by Gasteiger charge is 2.17. The molecule has 1 heterocycles. The fourth-order valence-corrected chi connectivity index (χ4v) is 2.10. The van der Waals surface area contributed by atoms with Crippen molar-refractivity contribution in [2.45, 2.75) is 5.44 Å². The fourth-order valence-electron chi connectivity index (χ4n) is 0.571. The first kappa shape index (κ1) is 7.44. The van der Waals surface area contributed by atoms with Gasteiger partial charge >= 0.3 is 0 Å². The first-order valence-electron chi connectivity index (χ1n) is 2.64. The molecule has 0 aromatic carbocycles. The Morgan fingerprint density at radius 1 is 1.89 bits per heavy atom. The molecule has 0 saturated carbocycles. The van der Waals surface area contributed by atoms with Crippen LogP contribution in [-0.2, 0) is 4.74 Å². The molecule has 0 saturated heterocycles. The standard InChI is InChI=1S/C5H9NOS2/c1-7-4-3-6-5(8-2)9-4/h4H,3H2,1-2H3. The summed E-state index contributed by atoms with van der Waals surface area (Å²) in [6.07, 6.45) is 2.03. The monoisotopic (exact) mass is 163 g/mol. The molecule has 0 spiro atoms. The molecule has 4 heteroatoms. The van der Waals surface area contributed by atoms with E-state index in [9.17, 15) is 0 Å². The number of methoxy groups -OCH3 is 1. The summed E-state index contributed by atoms with van der Waals surface area (Å²) in [4.78, 5) is 4.22. The summed E-state index contributed by atoms with van der Waals surface area (Å²) >= 11 is 3.39. The molecule has 2 nitrogen and oxygen atoms in total. The third kappa shape index (κ3) is 1.88. The van der Waals surface area contributed by atoms with Gasteiger partial charge in [-0.3, -0.25) is 4.99 Å². The smallest absolute Gasteiger partial charge is 0.128 e. The third-order valence-electron chi connectivity index (χ3n) is 1.04. The van der Waals surface area contributed by atoms with Crippen LogP contribution < -0.4 is 0 Å². The quantitative estimate of drug-likeness (QED) is 0.583. The molecule has 1 aliphatic heterocycles. The Hall–Kier alpha value is 0.330. The second kappa shape index (κ2) is 3.49. The lowest BCUT2D eigenvalue weighted by atomic mass is 10.7. The molecule has 1 aliphatic rings. The lowest BCUT2D eigenvalue weighted by molar-refractivity contribution is 0.182. The molecule has 0 aromatic rings. The Morgan fingerprint density at radius 2 is 2.67 bits per heavy atom. The summed E-state index contributed by atoms with van der Waals surface area (Å²) in [5.74, 6) is 0. The highest BCUT2D eigenvalue weighted by atomic mass is 32.2. The van der Waals surface area contributed by atoms with Gasteiger partial charge in [0.2, 0.25) is 0 Å². The zero-order valence-corrected chi connectivity index (χ0v) is 7.09. The van der Waals surface area contributed by atoms with Crippen molar-refractivity contribution in [1.82, 2.24) is 0 Å². The number of nitrogens with zero attached hydrogens (tertiary/aromatic N) is 1. The highest BCUT2D eigenvalue weighted by molar-refractivity contribution is 8.39. The van der Waals surface area contributed by atoms with E-state index in [1.807, 2.05) is 6.26 Å². The number of thioether (sulfide) groups is 2. The second-order valence-electron chi connectivity index (χ2n) is 1.59. The van der Waals surface area contributed by atoms with E-state index >= 15 is 0 Å². The normalized spacial score (nSPS) is 26.4. The van der Waals surface area contributed by atoms with Gasteiger partial charge in [-0.05, 0) is 6.26 Å². The van der Waals surface area contributed by atoms with E-state index in [1.54, 1.807) is 30.6 Å². The summed E-state index contributed by atoms with van der Waals surface area (Å²) in [7, 11) is 1.72. The number of ether oxygens (including phenoxy) is 1. The Bertz CT molecular complexity index is 126. The van der Waals surface area contributed by atoms with Gasteiger partial charge in [-0.15, -0.1) is 11.8 Å². The second-order valence-corrected chi connectivity index (χ2v) is 3.80. The minimum Gasteiger partial charge on any atom is -0.368 e. The van der Waals surface area contributed by atoms with Crippen molar-refractivity contribution >= 4 is 27.9 Å². The van der Waals surface area contributed by atoms with Gasteiger partial charge in [0.15, 0.2) is 0 Å². The van der Waals surface area contributed by atoms with E-state index < -0.39 is 0 Å². The first-order chi connectivity index (χ1) is 4.36. The van der Waals surface area contributed by atoms with Crippen LogP contribution in [0.4, 0.5) is 0 Å². The van der Waals surface area contributed by atoms with Gasteiger partial charge in [0.05, 0.1) is 6.54 Å². The van der Waals surface area contributed by atoms with Crippen LogP contribution in [0.2, 0.25) is 0 Å². The third-order valence-corrected chi connectivity index (χ3v) is 3.24. The van der Waals surface area contributed by atoms with Crippen LogP contribution in [-0.4, -0.2) is 29.7 Å². The van der Waals surface area contributed by atoms with Crippen LogP contribution in [0.25, 0.3) is 0 Å². The maximum absolute atomic E-state index is 5.08. The van der Waals surface area contributed by atoms with Gasteiger partial charge in [-0.1, -0.05) is 11.8 Å². The number of hydrogen-bond acceptors (Lipinski definition) is 4. The molecular formula is C5H9NOS2. The first-order valence-corrected chi connectivity index (χ1v) is 4.75. The van der Waals surface area contributed by atoms with Crippen LogP contribution in [0.5, 0.6) is 0 Å². The molecule has 0 aliphatic carbocycles. The van der Waals surface area contributed by atoms with E-state index in [0.29, 0.717) is 0 Å². The van der Waals surface area contributed by atoms with Gasteiger partial charge in [0, 0.05) is 7.11 Å². The van der Waals surface area contributed by atoms with Crippen molar-refractivity contribution in [3.05, 3.63) is 0 Å². The lowest BCUT2D eigenvalue weighted by Gasteiger charge is -2.02. The molecule has 0 amide bonds. The van der Waals surface area contributed by atoms with Gasteiger partial charge in [-0.2, -0.15) is 0 Å². The van der Waals surface area contributed by atoms with Gasteiger partial charge in [0.1, 0.15) is 9.81 Å². The molecule has 0 bridgehead atoms. The molecule has 1 atom stereocenters. The van der Waals surface area contributed by atoms with E-state index in [4.69, 9.17) is 4.74 Å². The average Bonchev–Trinajstić information content (AvgIpc) is 2.34. The molecule has 9 heavy (non-hydrogen) atoms. The molecular weight excluding hydrogens is 154 g/mol. The van der Waals surface area contributed by atoms with E-state index in [2.05, 4.69) is 4.99 Å². The molecule has 1 rings (SSSR count). The van der Waals surface area contributed by atoms with Gasteiger partial charge in [0.25, 0.3) is 0 Å². The number of hydrogen-bond donors (Lipinski definition) is 0. The van der Waals surface area contributed by atoms with E-state index in [0.717, 1.165) is 10.9 Å². The van der Waals surface area contributed by atoms with Gasteiger partial charge in [-0.25, -0.2) is 0 Å². The van der Waals surface area contributed by atoms with Crippen LogP contribution >= 0.6 is 23.5 Å². The Kier molecular flexibility index (Phi) is 2.88. The largest absolute Gasteiger partial charge is 0.368 e. The molecule has 0 fully saturated rings. The van der Waals surface area contributed by atoms with Crippen molar-refractivity contribution in [2.24, 2.45) is 4.99 Å². The van der Waals surface area contributed by atoms with Crippen molar-refractivity contribution in [1.29, 1.82) is 0 Å². The van der Waals surface area contributed by atoms with Crippen LogP contribution in [0.1, 0.15) is 0 Å². The number of aliphatic imine (C=N–C) groups is 1. The molecule has 0 aromatic heterocycles. The van der Waals surface area contributed by atoms with E-state index in [-0.39, 0.29) is 5.44 Å². The summed E-state index contributed by atoms with van der Waals surface area (Å²) < 4.78 is 6.22. The highest BCUT2D eigenvalue weighted by Crippen LogP contribution is 2.26. The van der Waals surface area contributed by atoms with Gasteiger partial charge < -0.3 is 4.74 Å². The lowest BCUT2D eigenvalue weighted by Crippen LogP contribution is -2.04. The van der Waals surface area contributed by atoms with Crippen molar-refractivity contribution < 1.29 is 4.74 Å². The number of rotatable bonds is 1. The predicted molar refractivity (Wildman–Crippen MR) is 44.2 cm³/mol. The van der Waals surface area contributed by atoms with Crippen LogP contribution in [0.15, 0.2) is 4.99 Å². The zero-order valence-electron chi connectivity index (χ0n) is 5.46. The average molecular weight is 163 g/mol. The Morgan fingerprint density at radius 3 is 3.00 bits per heavy atom. The van der Waals surface area contributed by atoms with Crippen molar-refractivity contribution in [3.63, 3.8) is 0 Å². The zero-order chi connectivity index (χ0) is 6.69.